The molecule has 4 rings (SSSR count). The molecule has 0 atom stereocenters. The number of rotatable bonds is 4. The summed E-state index contributed by atoms with van der Waals surface area (Å²) in [6.07, 6.45) is 1.57. The van der Waals surface area contributed by atoms with Crippen LogP contribution in [0.3, 0.4) is 0 Å². The average molecular weight is 394 g/mol. The van der Waals surface area contributed by atoms with Gasteiger partial charge in [-0.1, -0.05) is 19.1 Å². The molecule has 1 fully saturated rings. The number of hydrogen-bond acceptors (Lipinski definition) is 4. The number of aryl methyl sites for hydroxylation is 2. The van der Waals surface area contributed by atoms with E-state index in [0.717, 1.165) is 35.4 Å². The van der Waals surface area contributed by atoms with Gasteiger partial charge in [-0.2, -0.15) is 5.10 Å². The standard InChI is InChI=1S/C21H26N6O2/c1-3-16-13-18(24-23-16)21(29)26-10-6-9-25(11-12-26)20(28)14-27-15(2)22-17-7-4-5-8-19(17)27/h4-5,7-8,13H,3,6,9-12,14H2,1-2H3,(H,23,24). The molecule has 8 nitrogen and oxygen atoms in total. The van der Waals surface area contributed by atoms with Crippen molar-refractivity contribution in [3.8, 4) is 0 Å². The highest BCUT2D eigenvalue weighted by Crippen LogP contribution is 2.16. The first kappa shape index (κ1) is 19.2. The minimum atomic E-state index is -0.0771. The molecule has 152 valence electrons. The number of para-hydroxylation sites is 2. The summed E-state index contributed by atoms with van der Waals surface area (Å²) < 4.78 is 1.96. The number of aromatic amines is 1. The monoisotopic (exact) mass is 394 g/mol. The van der Waals surface area contributed by atoms with Crippen LogP contribution in [-0.4, -0.2) is 67.5 Å². The Morgan fingerprint density at radius 1 is 1.10 bits per heavy atom. The molecule has 1 aromatic carbocycles. The summed E-state index contributed by atoms with van der Waals surface area (Å²) in [5.41, 5.74) is 3.26. The minimum absolute atomic E-state index is 0.0543. The molecule has 1 aliphatic rings. The van der Waals surface area contributed by atoms with Crippen LogP contribution in [0.4, 0.5) is 0 Å². The fourth-order valence-corrected chi connectivity index (χ4v) is 3.82. The van der Waals surface area contributed by atoms with E-state index < -0.39 is 0 Å². The molecule has 0 unspecified atom stereocenters. The molecule has 0 radical (unpaired) electrons. The lowest BCUT2D eigenvalue weighted by Crippen LogP contribution is -2.38. The Labute approximate surface area is 169 Å². The van der Waals surface area contributed by atoms with Crippen molar-refractivity contribution >= 4 is 22.8 Å². The number of nitrogens with one attached hydrogen (secondary N) is 1. The van der Waals surface area contributed by atoms with Crippen LogP contribution in [0.5, 0.6) is 0 Å². The maximum absolute atomic E-state index is 13.0. The van der Waals surface area contributed by atoms with E-state index in [1.54, 1.807) is 4.90 Å². The lowest BCUT2D eigenvalue weighted by atomic mass is 10.2. The quantitative estimate of drug-likeness (QED) is 0.733. The third kappa shape index (κ3) is 3.87. The van der Waals surface area contributed by atoms with Gasteiger partial charge in [-0.05, 0) is 38.0 Å². The number of carbonyl (C=O) groups excluding carboxylic acids is 2. The van der Waals surface area contributed by atoms with Gasteiger partial charge in [0.1, 0.15) is 18.1 Å². The summed E-state index contributed by atoms with van der Waals surface area (Å²) in [6.45, 7) is 6.52. The van der Waals surface area contributed by atoms with E-state index in [9.17, 15) is 9.59 Å². The van der Waals surface area contributed by atoms with Gasteiger partial charge >= 0.3 is 0 Å². The first-order chi connectivity index (χ1) is 14.1. The second-order valence-electron chi connectivity index (χ2n) is 7.39. The highest BCUT2D eigenvalue weighted by molar-refractivity contribution is 5.92. The maximum atomic E-state index is 13.0. The molecule has 2 aromatic heterocycles. The topological polar surface area (TPSA) is 87.1 Å². The van der Waals surface area contributed by atoms with Crippen LogP contribution in [0.1, 0.15) is 35.4 Å². The predicted octanol–water partition coefficient (Wildman–Crippen LogP) is 2.00. The van der Waals surface area contributed by atoms with Gasteiger partial charge in [0.05, 0.1) is 11.0 Å². The molecular weight excluding hydrogens is 368 g/mol. The van der Waals surface area contributed by atoms with Gasteiger partial charge in [-0.15, -0.1) is 0 Å². The Kier molecular flexibility index (Phi) is 5.33. The molecule has 1 saturated heterocycles. The fourth-order valence-electron chi connectivity index (χ4n) is 3.82. The Bertz CT molecular complexity index is 1040. The largest absolute Gasteiger partial charge is 0.339 e. The number of hydrogen-bond donors (Lipinski definition) is 1. The highest BCUT2D eigenvalue weighted by atomic mass is 16.2. The maximum Gasteiger partial charge on any atom is 0.274 e. The second-order valence-corrected chi connectivity index (χ2v) is 7.39. The van der Waals surface area contributed by atoms with Gasteiger partial charge in [0.2, 0.25) is 5.91 Å². The van der Waals surface area contributed by atoms with Crippen molar-refractivity contribution in [2.45, 2.75) is 33.2 Å². The molecule has 1 aliphatic heterocycles. The Balaban J connectivity index is 1.42. The SMILES string of the molecule is CCc1cc(C(=O)N2CCCN(C(=O)Cn3c(C)nc4ccccc43)CC2)n[nH]1. The van der Waals surface area contributed by atoms with E-state index in [1.165, 1.54) is 0 Å². The first-order valence-electron chi connectivity index (χ1n) is 10.1. The second kappa shape index (κ2) is 8.06. The molecule has 0 spiro atoms. The number of amides is 2. The van der Waals surface area contributed by atoms with Crippen molar-refractivity contribution in [2.75, 3.05) is 26.2 Å². The predicted molar refractivity (Wildman–Crippen MR) is 110 cm³/mol. The molecule has 0 saturated carbocycles. The zero-order valence-electron chi connectivity index (χ0n) is 16.9. The zero-order chi connectivity index (χ0) is 20.4. The van der Waals surface area contributed by atoms with E-state index >= 15 is 0 Å². The molecule has 8 heteroatoms. The van der Waals surface area contributed by atoms with E-state index in [2.05, 4.69) is 15.2 Å². The number of benzene rings is 1. The zero-order valence-corrected chi connectivity index (χ0v) is 16.9. The van der Waals surface area contributed by atoms with Crippen LogP contribution in [0.15, 0.2) is 30.3 Å². The summed E-state index contributed by atoms with van der Waals surface area (Å²) >= 11 is 0. The first-order valence-corrected chi connectivity index (χ1v) is 10.1. The smallest absolute Gasteiger partial charge is 0.274 e. The molecule has 0 bridgehead atoms. The summed E-state index contributed by atoms with van der Waals surface area (Å²) in [5.74, 6) is 0.807. The summed E-state index contributed by atoms with van der Waals surface area (Å²) in [6, 6.07) is 9.66. The third-order valence-electron chi connectivity index (χ3n) is 5.51. The van der Waals surface area contributed by atoms with Gasteiger partial charge < -0.3 is 14.4 Å². The van der Waals surface area contributed by atoms with Crippen molar-refractivity contribution in [1.82, 2.24) is 29.5 Å². The minimum Gasteiger partial charge on any atom is -0.339 e. The van der Waals surface area contributed by atoms with E-state index in [1.807, 2.05) is 53.6 Å². The van der Waals surface area contributed by atoms with Crippen molar-refractivity contribution in [3.63, 3.8) is 0 Å². The van der Waals surface area contributed by atoms with Gasteiger partial charge in [0, 0.05) is 31.9 Å². The van der Waals surface area contributed by atoms with Gasteiger partial charge in [-0.3, -0.25) is 14.7 Å². The Hall–Kier alpha value is -3.16. The number of nitrogens with zero attached hydrogens (tertiary/aromatic N) is 5. The molecule has 3 heterocycles. The molecule has 1 N–H and O–H groups in total. The van der Waals surface area contributed by atoms with Crippen LogP contribution < -0.4 is 0 Å². The van der Waals surface area contributed by atoms with Crippen LogP contribution in [0, 0.1) is 6.92 Å². The summed E-state index contributed by atoms with van der Waals surface area (Å²) in [4.78, 5) is 33.9. The lowest BCUT2D eigenvalue weighted by molar-refractivity contribution is -0.131. The molecule has 3 aromatic rings. The van der Waals surface area contributed by atoms with Crippen LogP contribution >= 0.6 is 0 Å². The molecule has 29 heavy (non-hydrogen) atoms. The van der Waals surface area contributed by atoms with Crippen molar-refractivity contribution < 1.29 is 9.59 Å². The number of aromatic nitrogens is 4. The molecular formula is C21H26N6O2. The van der Waals surface area contributed by atoms with Crippen molar-refractivity contribution in [3.05, 3.63) is 47.5 Å². The molecule has 0 aliphatic carbocycles. The van der Waals surface area contributed by atoms with Gasteiger partial charge in [0.25, 0.3) is 5.91 Å². The Morgan fingerprint density at radius 2 is 1.86 bits per heavy atom. The van der Waals surface area contributed by atoms with Gasteiger partial charge in [0.15, 0.2) is 0 Å². The number of fused-ring (bicyclic) bond motifs is 1. The normalized spacial score (nSPS) is 15.0. The van der Waals surface area contributed by atoms with Crippen LogP contribution in [0.2, 0.25) is 0 Å². The summed E-state index contributed by atoms with van der Waals surface area (Å²) in [7, 11) is 0. The fraction of sp³-hybridized carbons (Fsp3) is 0.429. The Morgan fingerprint density at radius 3 is 2.66 bits per heavy atom. The van der Waals surface area contributed by atoms with E-state index in [4.69, 9.17) is 0 Å². The average Bonchev–Trinajstić information content (AvgIpc) is 3.23. The van der Waals surface area contributed by atoms with Crippen LogP contribution in [-0.2, 0) is 17.8 Å². The van der Waals surface area contributed by atoms with Crippen LogP contribution in [0.25, 0.3) is 11.0 Å². The van der Waals surface area contributed by atoms with E-state index in [0.29, 0.717) is 31.9 Å². The summed E-state index contributed by atoms with van der Waals surface area (Å²) in [5, 5.41) is 7.02. The number of H-pyrrole nitrogens is 1. The van der Waals surface area contributed by atoms with E-state index in [-0.39, 0.29) is 18.4 Å². The third-order valence-corrected chi connectivity index (χ3v) is 5.51. The highest BCUT2D eigenvalue weighted by Gasteiger charge is 2.24. The van der Waals surface area contributed by atoms with Crippen molar-refractivity contribution in [2.24, 2.45) is 0 Å². The lowest BCUT2D eigenvalue weighted by Gasteiger charge is -2.22. The van der Waals surface area contributed by atoms with Gasteiger partial charge in [-0.25, -0.2) is 4.98 Å². The number of imidazole rings is 1. The van der Waals surface area contributed by atoms with Crippen molar-refractivity contribution in [1.29, 1.82) is 0 Å². The molecule has 2 amide bonds. The number of carbonyl (C=O) groups is 2.